The minimum Gasteiger partial charge on any atom is -0.315 e. The first kappa shape index (κ1) is 11.9. The van der Waals surface area contributed by atoms with Crippen molar-refractivity contribution in [3.63, 3.8) is 0 Å². The number of benzene rings is 1. The molecule has 0 fully saturated rings. The first-order chi connectivity index (χ1) is 7.03. The maximum atomic E-state index is 12.6. The monoisotopic (exact) mass is 207 g/mol. The van der Waals surface area contributed by atoms with Crippen molar-refractivity contribution in [2.75, 3.05) is 7.05 Å². The highest BCUT2D eigenvalue weighted by atomic mass is 19.1. The van der Waals surface area contributed by atoms with Gasteiger partial charge < -0.3 is 5.32 Å². The summed E-state index contributed by atoms with van der Waals surface area (Å²) < 4.78 is 12.6. The van der Waals surface area contributed by atoms with E-state index in [4.69, 9.17) is 0 Å². The topological polar surface area (TPSA) is 12.0 Å². The molecule has 0 aromatic heterocycles. The lowest BCUT2D eigenvalue weighted by Crippen LogP contribution is -2.35. The summed E-state index contributed by atoms with van der Waals surface area (Å²) in [6.45, 7) is 4.28. The lowest BCUT2D eigenvalue weighted by atomic mass is 10.0. The highest BCUT2D eigenvalue weighted by Gasteiger charge is 2.10. The van der Waals surface area contributed by atoms with Gasteiger partial charge in [0.15, 0.2) is 0 Å². The van der Waals surface area contributed by atoms with E-state index in [0.717, 1.165) is 12.0 Å². The van der Waals surface area contributed by atoms with Crippen molar-refractivity contribution in [3.05, 3.63) is 41.7 Å². The molecule has 0 aliphatic carbocycles. The SMILES string of the molecule is CNC(C)(C)C/C=C/c1ccc(F)cc1. The van der Waals surface area contributed by atoms with E-state index < -0.39 is 0 Å². The van der Waals surface area contributed by atoms with Crippen LogP contribution in [-0.2, 0) is 0 Å². The molecule has 1 N–H and O–H groups in total. The summed E-state index contributed by atoms with van der Waals surface area (Å²) in [5.41, 5.74) is 1.14. The summed E-state index contributed by atoms with van der Waals surface area (Å²) in [5, 5.41) is 3.23. The third kappa shape index (κ3) is 4.26. The second-order valence-corrected chi connectivity index (χ2v) is 4.29. The Balaban J connectivity index is 2.55. The van der Waals surface area contributed by atoms with E-state index in [0.29, 0.717) is 0 Å². The molecule has 15 heavy (non-hydrogen) atoms. The Hall–Kier alpha value is -1.15. The Kier molecular flexibility index (Phi) is 4.04. The molecule has 2 heteroatoms. The fourth-order valence-corrected chi connectivity index (χ4v) is 1.17. The van der Waals surface area contributed by atoms with Crippen molar-refractivity contribution < 1.29 is 4.39 Å². The summed E-state index contributed by atoms with van der Waals surface area (Å²) >= 11 is 0. The van der Waals surface area contributed by atoms with E-state index in [1.165, 1.54) is 12.1 Å². The van der Waals surface area contributed by atoms with Crippen LogP contribution < -0.4 is 5.32 Å². The summed E-state index contributed by atoms with van der Waals surface area (Å²) in [6, 6.07) is 6.50. The fourth-order valence-electron chi connectivity index (χ4n) is 1.17. The van der Waals surface area contributed by atoms with Gasteiger partial charge in [0.25, 0.3) is 0 Å². The molecule has 82 valence electrons. The zero-order chi connectivity index (χ0) is 11.3. The van der Waals surface area contributed by atoms with Gasteiger partial charge in [0, 0.05) is 5.54 Å². The minimum absolute atomic E-state index is 0.108. The zero-order valence-electron chi connectivity index (χ0n) is 9.55. The van der Waals surface area contributed by atoms with Gasteiger partial charge in [0.05, 0.1) is 0 Å². The van der Waals surface area contributed by atoms with Crippen molar-refractivity contribution in [2.45, 2.75) is 25.8 Å². The van der Waals surface area contributed by atoms with Crippen LogP contribution in [0.2, 0.25) is 0 Å². The highest BCUT2D eigenvalue weighted by Crippen LogP contribution is 2.10. The van der Waals surface area contributed by atoms with Crippen LogP contribution >= 0.6 is 0 Å². The summed E-state index contributed by atoms with van der Waals surface area (Å²) in [6.07, 6.45) is 5.06. The normalized spacial score (nSPS) is 12.3. The molecule has 0 atom stereocenters. The molecule has 1 nitrogen and oxygen atoms in total. The van der Waals surface area contributed by atoms with Gasteiger partial charge in [-0.2, -0.15) is 0 Å². The molecule has 0 unspecified atom stereocenters. The molecule has 0 amide bonds. The van der Waals surface area contributed by atoms with Crippen LogP contribution in [0.25, 0.3) is 6.08 Å². The van der Waals surface area contributed by atoms with E-state index in [1.807, 2.05) is 13.1 Å². The van der Waals surface area contributed by atoms with Gasteiger partial charge in [0.2, 0.25) is 0 Å². The molecule has 0 bridgehead atoms. The average molecular weight is 207 g/mol. The number of hydrogen-bond donors (Lipinski definition) is 1. The van der Waals surface area contributed by atoms with Crippen LogP contribution in [0.1, 0.15) is 25.8 Å². The molecule has 0 radical (unpaired) electrons. The van der Waals surface area contributed by atoms with Crippen molar-refractivity contribution in [1.82, 2.24) is 5.32 Å². The smallest absolute Gasteiger partial charge is 0.123 e. The standard InChI is InChI=1S/C13H18FN/c1-13(2,15-3)10-4-5-11-6-8-12(14)9-7-11/h4-9,15H,10H2,1-3H3/b5-4+. The molecule has 0 heterocycles. The van der Waals surface area contributed by atoms with Crippen LogP contribution in [0.5, 0.6) is 0 Å². The van der Waals surface area contributed by atoms with Crippen LogP contribution in [0.15, 0.2) is 30.3 Å². The van der Waals surface area contributed by atoms with E-state index in [-0.39, 0.29) is 11.4 Å². The van der Waals surface area contributed by atoms with E-state index in [1.54, 1.807) is 12.1 Å². The first-order valence-electron chi connectivity index (χ1n) is 5.14. The lowest BCUT2D eigenvalue weighted by molar-refractivity contribution is 0.430. The van der Waals surface area contributed by atoms with Crippen LogP contribution in [0.4, 0.5) is 4.39 Å². The van der Waals surface area contributed by atoms with Crippen LogP contribution in [-0.4, -0.2) is 12.6 Å². The lowest BCUT2D eigenvalue weighted by Gasteiger charge is -2.21. The molecular weight excluding hydrogens is 189 g/mol. The third-order valence-corrected chi connectivity index (χ3v) is 2.49. The van der Waals surface area contributed by atoms with Crippen molar-refractivity contribution in [3.8, 4) is 0 Å². The Morgan fingerprint density at radius 1 is 1.27 bits per heavy atom. The second-order valence-electron chi connectivity index (χ2n) is 4.29. The van der Waals surface area contributed by atoms with Gasteiger partial charge in [-0.25, -0.2) is 4.39 Å². The summed E-state index contributed by atoms with van der Waals surface area (Å²) in [7, 11) is 1.95. The predicted octanol–water partition coefficient (Wildman–Crippen LogP) is 3.23. The van der Waals surface area contributed by atoms with Gasteiger partial charge in [-0.15, -0.1) is 0 Å². The molecule has 0 saturated carbocycles. The van der Waals surface area contributed by atoms with Crippen LogP contribution in [0.3, 0.4) is 0 Å². The molecule has 1 rings (SSSR count). The quantitative estimate of drug-likeness (QED) is 0.799. The molecule has 0 aliphatic rings. The Labute approximate surface area is 91.0 Å². The Morgan fingerprint density at radius 2 is 1.87 bits per heavy atom. The zero-order valence-corrected chi connectivity index (χ0v) is 9.55. The highest BCUT2D eigenvalue weighted by molar-refractivity contribution is 5.48. The number of rotatable bonds is 4. The number of nitrogens with one attached hydrogen (secondary N) is 1. The maximum absolute atomic E-state index is 12.6. The summed E-state index contributed by atoms with van der Waals surface area (Å²) in [4.78, 5) is 0. The number of hydrogen-bond acceptors (Lipinski definition) is 1. The van der Waals surface area contributed by atoms with E-state index >= 15 is 0 Å². The second kappa shape index (κ2) is 5.08. The minimum atomic E-state index is -0.192. The van der Waals surface area contributed by atoms with Gasteiger partial charge >= 0.3 is 0 Å². The molecule has 0 spiro atoms. The van der Waals surface area contributed by atoms with Crippen molar-refractivity contribution >= 4 is 6.08 Å². The summed E-state index contributed by atoms with van der Waals surface area (Å²) in [5.74, 6) is -0.192. The van der Waals surface area contributed by atoms with Crippen molar-refractivity contribution in [1.29, 1.82) is 0 Å². The molecule has 0 aliphatic heterocycles. The first-order valence-corrected chi connectivity index (χ1v) is 5.14. The molecule has 1 aromatic carbocycles. The van der Waals surface area contributed by atoms with Crippen molar-refractivity contribution in [2.24, 2.45) is 0 Å². The van der Waals surface area contributed by atoms with Gasteiger partial charge in [-0.1, -0.05) is 24.3 Å². The Morgan fingerprint density at radius 3 is 2.40 bits per heavy atom. The average Bonchev–Trinajstić information content (AvgIpc) is 2.21. The molecule has 0 saturated heterocycles. The molecule has 1 aromatic rings. The van der Waals surface area contributed by atoms with E-state index in [9.17, 15) is 4.39 Å². The van der Waals surface area contributed by atoms with Gasteiger partial charge in [-0.05, 0) is 45.0 Å². The Bertz CT molecular complexity index is 325. The predicted molar refractivity (Wildman–Crippen MR) is 63.2 cm³/mol. The van der Waals surface area contributed by atoms with E-state index in [2.05, 4.69) is 25.2 Å². The number of halogens is 1. The van der Waals surface area contributed by atoms with Crippen LogP contribution in [0, 0.1) is 5.82 Å². The third-order valence-electron chi connectivity index (χ3n) is 2.49. The fraction of sp³-hybridized carbons (Fsp3) is 0.385. The largest absolute Gasteiger partial charge is 0.315 e. The maximum Gasteiger partial charge on any atom is 0.123 e. The molecular formula is C13H18FN. The van der Waals surface area contributed by atoms with Gasteiger partial charge in [-0.3, -0.25) is 0 Å². The van der Waals surface area contributed by atoms with Gasteiger partial charge in [0.1, 0.15) is 5.82 Å².